The standard InChI is InChI=1S/C12H9BrF2N2O3S/c13-8-3-9(14)12(10(15)4-8)17-21(19,20)11-2-1-7(6-18)5-16-11/h1-5,17-18H,6H2. The Morgan fingerprint density at radius 3 is 2.33 bits per heavy atom. The topological polar surface area (TPSA) is 79.3 Å². The third-order valence-electron chi connectivity index (χ3n) is 2.50. The van der Waals surface area contributed by atoms with E-state index in [1.165, 1.54) is 6.07 Å². The van der Waals surface area contributed by atoms with Crippen LogP contribution in [0.25, 0.3) is 0 Å². The normalized spacial score (nSPS) is 11.4. The van der Waals surface area contributed by atoms with Gasteiger partial charge in [0.2, 0.25) is 0 Å². The average Bonchev–Trinajstić information content (AvgIpc) is 2.43. The molecule has 2 aromatic rings. The first kappa shape index (κ1) is 15.8. The smallest absolute Gasteiger partial charge is 0.279 e. The molecule has 2 N–H and O–H groups in total. The Kier molecular flexibility index (Phi) is 4.55. The minimum atomic E-state index is -4.23. The Balaban J connectivity index is 2.37. The molecule has 1 aromatic heterocycles. The summed E-state index contributed by atoms with van der Waals surface area (Å²) in [7, 11) is -4.23. The number of aliphatic hydroxyl groups excluding tert-OH is 1. The van der Waals surface area contributed by atoms with Gasteiger partial charge in [0.1, 0.15) is 5.69 Å². The summed E-state index contributed by atoms with van der Waals surface area (Å²) in [4.78, 5) is 3.63. The van der Waals surface area contributed by atoms with E-state index in [0.717, 1.165) is 24.4 Å². The summed E-state index contributed by atoms with van der Waals surface area (Å²) in [5.41, 5.74) is -0.374. The minimum Gasteiger partial charge on any atom is -0.392 e. The number of benzene rings is 1. The van der Waals surface area contributed by atoms with Crippen molar-refractivity contribution in [3.8, 4) is 0 Å². The van der Waals surface area contributed by atoms with Crippen molar-refractivity contribution in [2.75, 3.05) is 4.72 Å². The molecule has 0 aliphatic rings. The lowest BCUT2D eigenvalue weighted by Crippen LogP contribution is -2.16. The fourth-order valence-corrected chi connectivity index (χ4v) is 2.90. The number of aliphatic hydroxyl groups is 1. The number of rotatable bonds is 4. The highest BCUT2D eigenvalue weighted by atomic mass is 79.9. The van der Waals surface area contributed by atoms with Crippen LogP contribution >= 0.6 is 15.9 Å². The predicted molar refractivity (Wildman–Crippen MR) is 75.0 cm³/mol. The van der Waals surface area contributed by atoms with Gasteiger partial charge in [-0.05, 0) is 23.8 Å². The summed E-state index contributed by atoms with van der Waals surface area (Å²) >= 11 is 2.89. The number of nitrogens with zero attached hydrogens (tertiary/aromatic N) is 1. The second kappa shape index (κ2) is 6.04. The van der Waals surface area contributed by atoms with Gasteiger partial charge in [-0.1, -0.05) is 22.0 Å². The van der Waals surface area contributed by atoms with Crippen LogP contribution in [0.15, 0.2) is 40.0 Å². The van der Waals surface area contributed by atoms with Gasteiger partial charge in [-0.3, -0.25) is 4.72 Å². The Morgan fingerprint density at radius 2 is 1.86 bits per heavy atom. The lowest BCUT2D eigenvalue weighted by atomic mass is 10.3. The Bertz CT molecular complexity index is 744. The number of hydrogen-bond donors (Lipinski definition) is 2. The molecule has 0 unspecified atom stereocenters. The number of pyridine rings is 1. The number of halogens is 3. The number of anilines is 1. The zero-order valence-electron chi connectivity index (χ0n) is 10.3. The first-order valence-electron chi connectivity index (χ1n) is 5.56. The second-order valence-corrected chi connectivity index (χ2v) is 6.56. The van der Waals surface area contributed by atoms with Crippen LogP contribution in [-0.4, -0.2) is 18.5 Å². The molecular formula is C12H9BrF2N2O3S. The maximum atomic E-state index is 13.6. The molecule has 9 heteroatoms. The van der Waals surface area contributed by atoms with Crippen LogP contribution in [0.1, 0.15) is 5.56 Å². The molecule has 0 aliphatic heterocycles. The highest BCUT2D eigenvalue weighted by Crippen LogP contribution is 2.25. The SMILES string of the molecule is O=S(=O)(Nc1c(F)cc(Br)cc1F)c1ccc(CO)cn1. The van der Waals surface area contributed by atoms with Gasteiger partial charge in [0.05, 0.1) is 6.61 Å². The molecule has 0 aliphatic carbocycles. The highest BCUT2D eigenvalue weighted by molar-refractivity contribution is 9.10. The Morgan fingerprint density at radius 1 is 1.24 bits per heavy atom. The molecular weight excluding hydrogens is 370 g/mol. The van der Waals surface area contributed by atoms with E-state index < -0.39 is 32.4 Å². The van der Waals surface area contributed by atoms with Crippen molar-refractivity contribution in [3.63, 3.8) is 0 Å². The molecule has 1 heterocycles. The van der Waals surface area contributed by atoms with E-state index in [1.807, 2.05) is 4.72 Å². The molecule has 21 heavy (non-hydrogen) atoms. The summed E-state index contributed by atoms with van der Waals surface area (Å²) < 4.78 is 53.2. The van der Waals surface area contributed by atoms with Crippen LogP contribution in [0.2, 0.25) is 0 Å². The van der Waals surface area contributed by atoms with E-state index in [4.69, 9.17) is 5.11 Å². The van der Waals surface area contributed by atoms with Crippen molar-refractivity contribution < 1.29 is 22.3 Å². The van der Waals surface area contributed by atoms with Gasteiger partial charge >= 0.3 is 0 Å². The molecule has 0 saturated carbocycles. The van der Waals surface area contributed by atoms with Gasteiger partial charge in [0.15, 0.2) is 16.7 Å². The summed E-state index contributed by atoms with van der Waals surface area (Å²) in [5.74, 6) is -2.12. The van der Waals surface area contributed by atoms with Crippen molar-refractivity contribution in [2.45, 2.75) is 11.6 Å². The van der Waals surface area contributed by atoms with Crippen molar-refractivity contribution in [2.24, 2.45) is 0 Å². The Labute approximate surface area is 127 Å². The zero-order chi connectivity index (χ0) is 15.6. The molecule has 1 aromatic carbocycles. The van der Waals surface area contributed by atoms with Gasteiger partial charge in [0, 0.05) is 10.7 Å². The summed E-state index contributed by atoms with van der Waals surface area (Å²) in [6.07, 6.45) is 1.16. The summed E-state index contributed by atoms with van der Waals surface area (Å²) in [6, 6.07) is 4.34. The van der Waals surface area contributed by atoms with Crippen molar-refractivity contribution >= 4 is 31.6 Å². The zero-order valence-corrected chi connectivity index (χ0v) is 12.7. The van der Waals surface area contributed by atoms with Crippen molar-refractivity contribution in [1.82, 2.24) is 4.98 Å². The molecule has 112 valence electrons. The van der Waals surface area contributed by atoms with Gasteiger partial charge in [-0.15, -0.1) is 0 Å². The maximum absolute atomic E-state index is 13.6. The monoisotopic (exact) mass is 378 g/mol. The fraction of sp³-hybridized carbons (Fsp3) is 0.0833. The second-order valence-electron chi connectivity index (χ2n) is 4.01. The van der Waals surface area contributed by atoms with Crippen LogP contribution in [0.4, 0.5) is 14.5 Å². The van der Waals surface area contributed by atoms with Gasteiger partial charge in [-0.25, -0.2) is 13.8 Å². The van der Waals surface area contributed by atoms with E-state index in [9.17, 15) is 17.2 Å². The molecule has 0 bridgehead atoms. The molecule has 0 radical (unpaired) electrons. The fourth-order valence-electron chi connectivity index (χ4n) is 1.49. The van der Waals surface area contributed by atoms with Crippen molar-refractivity contribution in [3.05, 3.63) is 52.1 Å². The molecule has 0 atom stereocenters. The lowest BCUT2D eigenvalue weighted by Gasteiger charge is -2.10. The number of sulfonamides is 1. The summed E-state index contributed by atoms with van der Waals surface area (Å²) in [5, 5.41) is 8.44. The number of nitrogens with one attached hydrogen (secondary N) is 1. The van der Waals surface area contributed by atoms with Gasteiger partial charge < -0.3 is 5.11 Å². The lowest BCUT2D eigenvalue weighted by molar-refractivity contribution is 0.281. The van der Waals surface area contributed by atoms with Crippen LogP contribution in [0.3, 0.4) is 0 Å². The molecule has 5 nitrogen and oxygen atoms in total. The number of hydrogen-bond acceptors (Lipinski definition) is 4. The molecule has 0 fully saturated rings. The van der Waals surface area contributed by atoms with Gasteiger partial charge in [0.25, 0.3) is 10.0 Å². The largest absolute Gasteiger partial charge is 0.392 e. The molecule has 2 rings (SSSR count). The van der Waals surface area contributed by atoms with E-state index in [2.05, 4.69) is 20.9 Å². The van der Waals surface area contributed by atoms with E-state index in [1.54, 1.807) is 0 Å². The minimum absolute atomic E-state index is 0.144. The quantitative estimate of drug-likeness (QED) is 0.855. The van der Waals surface area contributed by atoms with Gasteiger partial charge in [-0.2, -0.15) is 8.42 Å². The van der Waals surface area contributed by atoms with E-state index in [-0.39, 0.29) is 11.1 Å². The highest BCUT2D eigenvalue weighted by Gasteiger charge is 2.21. The summed E-state index contributed by atoms with van der Waals surface area (Å²) in [6.45, 7) is -0.295. The third-order valence-corrected chi connectivity index (χ3v) is 4.22. The Hall–Kier alpha value is -1.58. The predicted octanol–water partition coefficient (Wildman–Crippen LogP) is 2.42. The van der Waals surface area contributed by atoms with Crippen LogP contribution in [-0.2, 0) is 16.6 Å². The number of aromatic nitrogens is 1. The maximum Gasteiger partial charge on any atom is 0.279 e. The first-order chi connectivity index (χ1) is 9.83. The van der Waals surface area contributed by atoms with Crippen LogP contribution < -0.4 is 4.72 Å². The first-order valence-corrected chi connectivity index (χ1v) is 7.84. The van der Waals surface area contributed by atoms with E-state index in [0.29, 0.717) is 5.56 Å². The average molecular weight is 379 g/mol. The molecule has 0 saturated heterocycles. The van der Waals surface area contributed by atoms with Crippen LogP contribution in [0.5, 0.6) is 0 Å². The van der Waals surface area contributed by atoms with E-state index >= 15 is 0 Å². The molecule has 0 amide bonds. The van der Waals surface area contributed by atoms with Crippen LogP contribution in [0, 0.1) is 11.6 Å². The third kappa shape index (κ3) is 3.55. The molecule has 0 spiro atoms. The van der Waals surface area contributed by atoms with Crippen molar-refractivity contribution in [1.29, 1.82) is 0 Å².